The number of ether oxygens (including phenoxy) is 2. The highest BCUT2D eigenvalue weighted by Gasteiger charge is 2.45. The Kier molecular flexibility index (Phi) is 3.21. The molecular formula is C14H16N2O5. The molecule has 21 heavy (non-hydrogen) atoms. The summed E-state index contributed by atoms with van der Waals surface area (Å²) in [6, 6.07) is 7.10. The van der Waals surface area contributed by atoms with Crippen molar-refractivity contribution in [3.63, 3.8) is 0 Å². The number of fused-ring (bicyclic) bond motifs is 1. The van der Waals surface area contributed by atoms with E-state index in [0.717, 1.165) is 0 Å². The fraction of sp³-hybridized carbons (Fsp3) is 0.429. The number of nitrogens with two attached hydrogens (primary N) is 1. The third kappa shape index (κ3) is 2.40. The Morgan fingerprint density at radius 1 is 1.33 bits per heavy atom. The van der Waals surface area contributed by atoms with Crippen molar-refractivity contribution in [2.24, 2.45) is 5.73 Å². The van der Waals surface area contributed by atoms with Crippen molar-refractivity contribution in [2.45, 2.75) is 18.1 Å². The standard InChI is InChI=1S/C14H16N2O5/c15-14(13(18)19)5-6-16(8-14)12(17)11-7-20-9-3-1-2-4-10(9)21-11/h1-4,11H,5-8,15H2,(H,18,19). The molecule has 0 radical (unpaired) electrons. The van der Waals surface area contributed by atoms with Crippen molar-refractivity contribution >= 4 is 11.9 Å². The summed E-state index contributed by atoms with van der Waals surface area (Å²) in [5.74, 6) is -0.276. The SMILES string of the molecule is NC1(C(=O)O)CCN(C(=O)C2COc3ccccc3O2)C1. The number of rotatable bonds is 2. The van der Waals surface area contributed by atoms with Crippen molar-refractivity contribution in [2.75, 3.05) is 19.7 Å². The zero-order valence-electron chi connectivity index (χ0n) is 11.3. The van der Waals surface area contributed by atoms with Crippen LogP contribution in [-0.4, -0.2) is 53.2 Å². The van der Waals surface area contributed by atoms with Crippen molar-refractivity contribution < 1.29 is 24.2 Å². The van der Waals surface area contributed by atoms with Gasteiger partial charge in [0.05, 0.1) is 0 Å². The number of hydrogen-bond donors (Lipinski definition) is 2. The van der Waals surface area contributed by atoms with Crippen LogP contribution in [0, 0.1) is 0 Å². The normalized spacial score (nSPS) is 27.5. The molecule has 2 aliphatic rings. The number of amides is 1. The van der Waals surface area contributed by atoms with E-state index in [1.165, 1.54) is 4.90 Å². The molecule has 3 rings (SSSR count). The van der Waals surface area contributed by atoms with Crippen LogP contribution in [0.4, 0.5) is 0 Å². The van der Waals surface area contributed by atoms with Crippen molar-refractivity contribution in [1.82, 2.24) is 4.90 Å². The summed E-state index contributed by atoms with van der Waals surface area (Å²) < 4.78 is 11.1. The van der Waals surface area contributed by atoms with Gasteiger partial charge in [-0.3, -0.25) is 9.59 Å². The minimum absolute atomic E-state index is 0.0112. The van der Waals surface area contributed by atoms with Gasteiger partial charge in [0.2, 0.25) is 6.10 Å². The van der Waals surface area contributed by atoms with Gasteiger partial charge in [0.25, 0.3) is 5.91 Å². The topological polar surface area (TPSA) is 102 Å². The molecular weight excluding hydrogens is 276 g/mol. The Labute approximate surface area is 121 Å². The summed E-state index contributed by atoms with van der Waals surface area (Å²) in [6.45, 7) is 0.406. The molecule has 7 heteroatoms. The molecule has 2 atom stereocenters. The molecule has 7 nitrogen and oxygen atoms in total. The van der Waals surface area contributed by atoms with E-state index in [4.69, 9.17) is 20.3 Å². The summed E-state index contributed by atoms with van der Waals surface area (Å²) in [6.07, 6.45) is -0.533. The quantitative estimate of drug-likeness (QED) is 0.785. The number of aliphatic carboxylic acids is 1. The first-order valence-corrected chi connectivity index (χ1v) is 6.69. The summed E-state index contributed by atoms with van der Waals surface area (Å²) in [4.78, 5) is 24.9. The lowest BCUT2D eigenvalue weighted by molar-refractivity contribution is -0.144. The average Bonchev–Trinajstić information content (AvgIpc) is 2.90. The van der Waals surface area contributed by atoms with E-state index in [1.54, 1.807) is 18.2 Å². The molecule has 0 aliphatic carbocycles. The van der Waals surface area contributed by atoms with Crippen LogP contribution in [-0.2, 0) is 9.59 Å². The molecule has 2 heterocycles. The number of carboxylic acid groups (broad SMARTS) is 1. The Balaban J connectivity index is 1.69. The molecule has 1 amide bonds. The van der Waals surface area contributed by atoms with E-state index in [9.17, 15) is 9.59 Å². The highest BCUT2D eigenvalue weighted by molar-refractivity contribution is 5.85. The zero-order valence-corrected chi connectivity index (χ0v) is 11.3. The van der Waals surface area contributed by atoms with Crippen LogP contribution >= 0.6 is 0 Å². The van der Waals surface area contributed by atoms with Crippen LogP contribution in [0.1, 0.15) is 6.42 Å². The number of nitrogens with zero attached hydrogens (tertiary/aromatic N) is 1. The van der Waals surface area contributed by atoms with Gasteiger partial charge in [0.1, 0.15) is 12.1 Å². The Hall–Kier alpha value is -2.28. The highest BCUT2D eigenvalue weighted by Crippen LogP contribution is 2.32. The predicted molar refractivity (Wildman–Crippen MR) is 72.1 cm³/mol. The monoisotopic (exact) mass is 292 g/mol. The molecule has 2 aliphatic heterocycles. The first-order valence-electron chi connectivity index (χ1n) is 6.69. The lowest BCUT2D eigenvalue weighted by atomic mass is 10.0. The van der Waals surface area contributed by atoms with E-state index in [0.29, 0.717) is 18.0 Å². The van der Waals surface area contributed by atoms with Crippen LogP contribution in [0.2, 0.25) is 0 Å². The maximum absolute atomic E-state index is 12.4. The van der Waals surface area contributed by atoms with Gasteiger partial charge >= 0.3 is 5.97 Å². The maximum Gasteiger partial charge on any atom is 0.325 e. The third-order valence-corrected chi connectivity index (χ3v) is 3.82. The number of likely N-dealkylation sites (tertiary alicyclic amines) is 1. The number of carbonyl (C=O) groups excluding carboxylic acids is 1. The first kappa shape index (κ1) is 13.7. The summed E-state index contributed by atoms with van der Waals surface area (Å²) in [5, 5.41) is 9.09. The minimum Gasteiger partial charge on any atom is -0.485 e. The summed E-state index contributed by atoms with van der Waals surface area (Å²) in [5.41, 5.74) is 4.40. The zero-order chi connectivity index (χ0) is 15.0. The van der Waals surface area contributed by atoms with Crippen LogP contribution in [0.15, 0.2) is 24.3 Å². The van der Waals surface area contributed by atoms with Gasteiger partial charge in [-0.05, 0) is 18.6 Å². The second-order valence-electron chi connectivity index (χ2n) is 5.34. The largest absolute Gasteiger partial charge is 0.485 e. The lowest BCUT2D eigenvalue weighted by Crippen LogP contribution is -2.52. The van der Waals surface area contributed by atoms with Crippen LogP contribution in [0.5, 0.6) is 11.5 Å². The molecule has 0 spiro atoms. The number of carboxylic acids is 1. The van der Waals surface area contributed by atoms with Gasteiger partial charge in [-0.1, -0.05) is 12.1 Å². The molecule has 112 valence electrons. The lowest BCUT2D eigenvalue weighted by Gasteiger charge is -2.29. The summed E-state index contributed by atoms with van der Waals surface area (Å²) >= 11 is 0. The number of hydrogen-bond acceptors (Lipinski definition) is 5. The predicted octanol–water partition coefficient (Wildman–Crippen LogP) is -0.159. The fourth-order valence-electron chi connectivity index (χ4n) is 2.54. The third-order valence-electron chi connectivity index (χ3n) is 3.82. The van der Waals surface area contributed by atoms with Gasteiger partial charge < -0.3 is 25.2 Å². The van der Waals surface area contributed by atoms with Gasteiger partial charge in [-0.2, -0.15) is 0 Å². The van der Waals surface area contributed by atoms with Gasteiger partial charge in [0, 0.05) is 13.1 Å². The molecule has 0 aromatic heterocycles. The maximum atomic E-state index is 12.4. The molecule has 0 bridgehead atoms. The average molecular weight is 292 g/mol. The summed E-state index contributed by atoms with van der Waals surface area (Å²) in [7, 11) is 0. The van der Waals surface area contributed by atoms with Gasteiger partial charge in [0.15, 0.2) is 11.5 Å². The molecule has 2 unspecified atom stereocenters. The molecule has 0 saturated carbocycles. The molecule has 3 N–H and O–H groups in total. The Bertz CT molecular complexity index is 590. The van der Waals surface area contributed by atoms with Gasteiger partial charge in [-0.25, -0.2) is 0 Å². The molecule has 1 aromatic carbocycles. The van der Waals surface area contributed by atoms with E-state index >= 15 is 0 Å². The second kappa shape index (κ2) is 4.92. The first-order chi connectivity index (χ1) is 9.99. The van der Waals surface area contributed by atoms with Crippen molar-refractivity contribution in [1.29, 1.82) is 0 Å². The number of carbonyl (C=O) groups is 2. The number of para-hydroxylation sites is 2. The van der Waals surface area contributed by atoms with E-state index in [-0.39, 0.29) is 25.5 Å². The fourth-order valence-corrected chi connectivity index (χ4v) is 2.54. The second-order valence-corrected chi connectivity index (χ2v) is 5.34. The van der Waals surface area contributed by atoms with Crippen molar-refractivity contribution in [3.8, 4) is 11.5 Å². The molecule has 1 aromatic rings. The van der Waals surface area contributed by atoms with E-state index in [1.807, 2.05) is 6.07 Å². The van der Waals surface area contributed by atoms with Crippen molar-refractivity contribution in [3.05, 3.63) is 24.3 Å². The Morgan fingerprint density at radius 3 is 2.71 bits per heavy atom. The van der Waals surface area contributed by atoms with E-state index in [2.05, 4.69) is 0 Å². The van der Waals surface area contributed by atoms with Crippen LogP contribution in [0.3, 0.4) is 0 Å². The molecule has 1 saturated heterocycles. The minimum atomic E-state index is -1.37. The highest BCUT2D eigenvalue weighted by atomic mass is 16.6. The molecule has 1 fully saturated rings. The van der Waals surface area contributed by atoms with Gasteiger partial charge in [-0.15, -0.1) is 0 Å². The number of benzene rings is 1. The smallest absolute Gasteiger partial charge is 0.325 e. The van der Waals surface area contributed by atoms with Crippen LogP contribution in [0.25, 0.3) is 0 Å². The van der Waals surface area contributed by atoms with E-state index < -0.39 is 17.6 Å². The Morgan fingerprint density at radius 2 is 2.05 bits per heavy atom. The van der Waals surface area contributed by atoms with Crippen LogP contribution < -0.4 is 15.2 Å².